The van der Waals surface area contributed by atoms with Gasteiger partial charge in [-0.15, -0.1) is 10.2 Å². The van der Waals surface area contributed by atoms with Crippen molar-refractivity contribution in [3.63, 3.8) is 0 Å². The number of benzene rings is 1. The van der Waals surface area contributed by atoms with Crippen LogP contribution in [0.1, 0.15) is 6.42 Å². The van der Waals surface area contributed by atoms with Gasteiger partial charge in [0.15, 0.2) is 4.34 Å². The van der Waals surface area contributed by atoms with Gasteiger partial charge in [0.05, 0.1) is 5.75 Å². The molecule has 114 valence electrons. The van der Waals surface area contributed by atoms with Crippen molar-refractivity contribution in [1.29, 1.82) is 0 Å². The highest BCUT2D eigenvalue weighted by Gasteiger charge is 2.33. The van der Waals surface area contributed by atoms with Gasteiger partial charge in [-0.25, -0.2) is 0 Å². The Morgan fingerprint density at radius 1 is 1.41 bits per heavy atom. The standard InChI is InChI=1S/C14H14N4O2S2/c19-12(8-21-14-17-15-9-22-14)16-11-6-7-18(13(11)20)10-4-2-1-3-5-10/h1-5,9,11H,6-8H2,(H,16,19)/t11-/m1/s1. The van der Waals surface area contributed by atoms with E-state index < -0.39 is 6.04 Å². The molecule has 1 aromatic heterocycles. The quantitative estimate of drug-likeness (QED) is 0.840. The molecule has 0 spiro atoms. The third kappa shape index (κ3) is 3.45. The van der Waals surface area contributed by atoms with Crippen molar-refractivity contribution in [1.82, 2.24) is 15.5 Å². The first-order chi connectivity index (χ1) is 10.7. The van der Waals surface area contributed by atoms with Gasteiger partial charge in [0.2, 0.25) is 11.8 Å². The predicted molar refractivity (Wildman–Crippen MR) is 86.0 cm³/mol. The van der Waals surface area contributed by atoms with E-state index in [0.29, 0.717) is 13.0 Å². The highest BCUT2D eigenvalue weighted by Crippen LogP contribution is 2.22. The third-order valence-corrected chi connectivity index (χ3v) is 5.14. The lowest BCUT2D eigenvalue weighted by atomic mass is 10.2. The number of hydrogen-bond donors (Lipinski definition) is 1. The molecule has 6 nitrogen and oxygen atoms in total. The van der Waals surface area contributed by atoms with Crippen molar-refractivity contribution in [2.24, 2.45) is 0 Å². The van der Waals surface area contributed by atoms with Gasteiger partial charge < -0.3 is 10.2 Å². The van der Waals surface area contributed by atoms with Crippen LogP contribution < -0.4 is 10.2 Å². The normalized spacial score (nSPS) is 17.7. The fourth-order valence-electron chi connectivity index (χ4n) is 2.27. The zero-order chi connectivity index (χ0) is 15.4. The second kappa shape index (κ2) is 6.89. The largest absolute Gasteiger partial charge is 0.343 e. The van der Waals surface area contributed by atoms with Crippen LogP contribution in [0.15, 0.2) is 40.2 Å². The van der Waals surface area contributed by atoms with Crippen LogP contribution in [0.25, 0.3) is 0 Å². The lowest BCUT2D eigenvalue weighted by Crippen LogP contribution is -2.42. The number of rotatable bonds is 5. The molecule has 1 aromatic carbocycles. The minimum Gasteiger partial charge on any atom is -0.343 e. The van der Waals surface area contributed by atoms with E-state index in [-0.39, 0.29) is 17.6 Å². The Labute approximate surface area is 135 Å². The molecule has 0 radical (unpaired) electrons. The Hall–Kier alpha value is -1.93. The molecule has 1 fully saturated rings. The molecule has 0 saturated carbocycles. The first-order valence-electron chi connectivity index (χ1n) is 6.79. The monoisotopic (exact) mass is 334 g/mol. The van der Waals surface area contributed by atoms with Crippen LogP contribution in [-0.4, -0.2) is 40.4 Å². The molecule has 8 heteroatoms. The van der Waals surface area contributed by atoms with Crippen LogP contribution in [0.5, 0.6) is 0 Å². The van der Waals surface area contributed by atoms with E-state index in [0.717, 1.165) is 10.0 Å². The van der Waals surface area contributed by atoms with Crippen LogP contribution in [0, 0.1) is 0 Å². The number of carbonyl (C=O) groups is 2. The van der Waals surface area contributed by atoms with Crippen molar-refractivity contribution >= 4 is 40.6 Å². The highest BCUT2D eigenvalue weighted by atomic mass is 32.2. The van der Waals surface area contributed by atoms with E-state index >= 15 is 0 Å². The van der Waals surface area contributed by atoms with Crippen LogP contribution in [0.4, 0.5) is 5.69 Å². The summed E-state index contributed by atoms with van der Waals surface area (Å²) in [6, 6.07) is 9.05. The molecule has 3 rings (SSSR count). The van der Waals surface area contributed by atoms with Crippen molar-refractivity contribution in [2.75, 3.05) is 17.2 Å². The van der Waals surface area contributed by atoms with Gasteiger partial charge >= 0.3 is 0 Å². The number of nitrogens with zero attached hydrogens (tertiary/aromatic N) is 3. The summed E-state index contributed by atoms with van der Waals surface area (Å²) in [7, 11) is 0. The number of carbonyl (C=O) groups excluding carboxylic acids is 2. The van der Waals surface area contributed by atoms with Crippen molar-refractivity contribution in [3.05, 3.63) is 35.8 Å². The van der Waals surface area contributed by atoms with Crippen molar-refractivity contribution in [3.8, 4) is 0 Å². The molecule has 0 unspecified atom stereocenters. The molecule has 1 saturated heterocycles. The molecule has 2 heterocycles. The molecular formula is C14H14N4O2S2. The summed E-state index contributed by atoms with van der Waals surface area (Å²) in [5, 5.41) is 10.4. The van der Waals surface area contributed by atoms with Gasteiger partial charge in [0.25, 0.3) is 0 Å². The van der Waals surface area contributed by atoms with Crippen LogP contribution in [-0.2, 0) is 9.59 Å². The average Bonchev–Trinajstić information content (AvgIpc) is 3.17. The highest BCUT2D eigenvalue weighted by molar-refractivity contribution is 8.01. The second-order valence-electron chi connectivity index (χ2n) is 4.73. The minimum atomic E-state index is -0.442. The average molecular weight is 334 g/mol. The van der Waals surface area contributed by atoms with E-state index in [2.05, 4.69) is 15.5 Å². The van der Waals surface area contributed by atoms with Gasteiger partial charge in [-0.3, -0.25) is 9.59 Å². The smallest absolute Gasteiger partial charge is 0.249 e. The SMILES string of the molecule is O=C(CSc1nncs1)N[C@@H]1CCN(c2ccccc2)C1=O. The summed E-state index contributed by atoms with van der Waals surface area (Å²) in [5.74, 6) is 0.0264. The second-order valence-corrected chi connectivity index (χ2v) is 6.78. The number of nitrogens with one attached hydrogen (secondary N) is 1. The fraction of sp³-hybridized carbons (Fsp3) is 0.286. The Balaban J connectivity index is 1.53. The lowest BCUT2D eigenvalue weighted by Gasteiger charge is -2.17. The number of aromatic nitrogens is 2. The van der Waals surface area contributed by atoms with Crippen LogP contribution >= 0.6 is 23.1 Å². The number of para-hydroxylation sites is 1. The van der Waals surface area contributed by atoms with Gasteiger partial charge in [-0.05, 0) is 18.6 Å². The molecule has 1 aliphatic heterocycles. The Bertz CT molecular complexity index is 648. The number of anilines is 1. The van der Waals surface area contributed by atoms with Gasteiger partial charge in [0, 0.05) is 12.2 Å². The molecule has 0 aliphatic carbocycles. The van der Waals surface area contributed by atoms with E-state index in [1.807, 2.05) is 30.3 Å². The van der Waals surface area contributed by atoms with E-state index in [9.17, 15) is 9.59 Å². The molecule has 2 amide bonds. The van der Waals surface area contributed by atoms with Gasteiger partial charge in [-0.1, -0.05) is 41.3 Å². The Morgan fingerprint density at radius 3 is 2.95 bits per heavy atom. The summed E-state index contributed by atoms with van der Waals surface area (Å²) >= 11 is 2.72. The summed E-state index contributed by atoms with van der Waals surface area (Å²) in [4.78, 5) is 26.0. The molecule has 0 bridgehead atoms. The molecule has 22 heavy (non-hydrogen) atoms. The summed E-state index contributed by atoms with van der Waals surface area (Å²) < 4.78 is 0.749. The van der Waals surface area contributed by atoms with Crippen molar-refractivity contribution < 1.29 is 9.59 Å². The van der Waals surface area contributed by atoms with Crippen LogP contribution in [0.2, 0.25) is 0 Å². The summed E-state index contributed by atoms with van der Waals surface area (Å²) in [6.45, 7) is 0.622. The maximum absolute atomic E-state index is 12.4. The van der Waals surface area contributed by atoms with Gasteiger partial charge in [0.1, 0.15) is 11.6 Å². The van der Waals surface area contributed by atoms with E-state index in [4.69, 9.17) is 0 Å². The fourth-order valence-corrected chi connectivity index (χ4v) is 3.57. The third-order valence-electron chi connectivity index (χ3n) is 3.28. The summed E-state index contributed by atoms with van der Waals surface area (Å²) in [6.07, 6.45) is 0.628. The first-order valence-corrected chi connectivity index (χ1v) is 8.65. The Morgan fingerprint density at radius 2 is 2.23 bits per heavy atom. The number of thioether (sulfide) groups is 1. The zero-order valence-electron chi connectivity index (χ0n) is 11.6. The molecule has 1 N–H and O–H groups in total. The molecule has 1 aliphatic rings. The van der Waals surface area contributed by atoms with Gasteiger partial charge in [-0.2, -0.15) is 0 Å². The zero-order valence-corrected chi connectivity index (χ0v) is 13.3. The molecule has 1 atom stereocenters. The maximum Gasteiger partial charge on any atom is 0.249 e. The number of hydrogen-bond acceptors (Lipinski definition) is 6. The molecular weight excluding hydrogens is 320 g/mol. The predicted octanol–water partition coefficient (Wildman–Crippen LogP) is 1.55. The Kier molecular flexibility index (Phi) is 4.69. The van der Waals surface area contributed by atoms with Crippen LogP contribution in [0.3, 0.4) is 0 Å². The number of amides is 2. The topological polar surface area (TPSA) is 75.2 Å². The maximum atomic E-state index is 12.4. The van der Waals surface area contributed by atoms with E-state index in [1.54, 1.807) is 10.4 Å². The summed E-state index contributed by atoms with van der Waals surface area (Å²) in [5.41, 5.74) is 2.49. The van der Waals surface area contributed by atoms with E-state index in [1.165, 1.54) is 23.1 Å². The first kappa shape index (κ1) is 15.0. The molecule has 2 aromatic rings. The lowest BCUT2D eigenvalue weighted by molar-refractivity contribution is -0.124. The minimum absolute atomic E-state index is 0.0551. The van der Waals surface area contributed by atoms with Crippen molar-refractivity contribution in [2.45, 2.75) is 16.8 Å².